The molecule has 2 aromatic rings. The fourth-order valence-electron chi connectivity index (χ4n) is 1.67. The van der Waals surface area contributed by atoms with Gasteiger partial charge >= 0.3 is 12.0 Å². The quantitative estimate of drug-likeness (QED) is 0.641. The van der Waals surface area contributed by atoms with E-state index >= 15 is 0 Å². The molecule has 0 radical (unpaired) electrons. The summed E-state index contributed by atoms with van der Waals surface area (Å²) in [6, 6.07) is 7.07. The van der Waals surface area contributed by atoms with Gasteiger partial charge in [0.2, 0.25) is 0 Å². The van der Waals surface area contributed by atoms with Crippen LogP contribution in [0.3, 0.4) is 0 Å². The molecule has 108 valence electrons. The maximum absolute atomic E-state index is 11.7. The van der Waals surface area contributed by atoms with Gasteiger partial charge in [-0.25, -0.2) is 9.59 Å². The molecule has 1 heterocycles. The number of nitrogens with one attached hydrogen (secondary N) is 2. The van der Waals surface area contributed by atoms with E-state index in [-0.39, 0.29) is 17.8 Å². The number of benzene rings is 1. The molecule has 0 atom stereocenters. The molecule has 2 amide bonds. The average molecular weight is 287 g/mol. The van der Waals surface area contributed by atoms with E-state index in [4.69, 9.17) is 5.11 Å². The van der Waals surface area contributed by atoms with Crippen molar-refractivity contribution in [2.75, 3.05) is 5.32 Å². The van der Waals surface area contributed by atoms with Gasteiger partial charge in [-0.05, 0) is 23.8 Å². The number of carboxylic acids is 1. The minimum Gasteiger partial charge on any atom is -0.505 e. The molecule has 0 saturated heterocycles. The topological polar surface area (TPSA) is 112 Å². The molecule has 0 spiro atoms. The van der Waals surface area contributed by atoms with Gasteiger partial charge < -0.3 is 20.8 Å². The number of phenols is 1. The Bertz CT molecular complexity index is 659. The third-order valence-electron chi connectivity index (χ3n) is 2.69. The number of aromatic nitrogens is 1. The highest BCUT2D eigenvalue weighted by Crippen LogP contribution is 2.27. The second kappa shape index (κ2) is 6.38. The Labute approximate surface area is 120 Å². The Kier molecular flexibility index (Phi) is 4.35. The largest absolute Gasteiger partial charge is 0.505 e. The van der Waals surface area contributed by atoms with Crippen LogP contribution in [0.1, 0.15) is 15.9 Å². The summed E-state index contributed by atoms with van der Waals surface area (Å²) in [6.45, 7) is 0.263. The Balaban J connectivity index is 2.00. The number of hydrogen-bond acceptors (Lipinski definition) is 4. The van der Waals surface area contributed by atoms with Crippen molar-refractivity contribution < 1.29 is 19.8 Å². The van der Waals surface area contributed by atoms with Crippen molar-refractivity contribution in [3.05, 3.63) is 53.9 Å². The molecule has 7 nitrogen and oxygen atoms in total. The summed E-state index contributed by atoms with van der Waals surface area (Å²) >= 11 is 0. The second-order valence-electron chi connectivity index (χ2n) is 4.18. The third kappa shape index (κ3) is 3.69. The second-order valence-corrected chi connectivity index (χ2v) is 4.18. The number of carbonyl (C=O) groups is 2. The molecule has 0 aliphatic heterocycles. The first kappa shape index (κ1) is 14.3. The molecular formula is C14H13N3O4. The minimum absolute atomic E-state index is 0.0265. The number of pyridine rings is 1. The summed E-state index contributed by atoms with van der Waals surface area (Å²) in [6.07, 6.45) is 3.24. The number of urea groups is 1. The van der Waals surface area contributed by atoms with E-state index in [9.17, 15) is 14.7 Å². The smallest absolute Gasteiger partial charge is 0.339 e. The van der Waals surface area contributed by atoms with Crippen LogP contribution in [0.25, 0.3) is 0 Å². The summed E-state index contributed by atoms with van der Waals surface area (Å²) in [4.78, 5) is 26.5. The SMILES string of the molecule is O=C(NCc1cccnc1)Nc1cccc(C(=O)O)c1O. The van der Waals surface area contributed by atoms with Crippen molar-refractivity contribution >= 4 is 17.7 Å². The number of anilines is 1. The van der Waals surface area contributed by atoms with Crippen LogP contribution in [0.2, 0.25) is 0 Å². The summed E-state index contributed by atoms with van der Waals surface area (Å²) in [5.41, 5.74) is 0.565. The molecular weight excluding hydrogens is 274 g/mol. The third-order valence-corrected chi connectivity index (χ3v) is 2.69. The molecule has 2 rings (SSSR count). The lowest BCUT2D eigenvalue weighted by Crippen LogP contribution is -2.28. The minimum atomic E-state index is -1.27. The predicted octanol–water partition coefficient (Wildman–Crippen LogP) is 1.81. The molecule has 0 unspecified atom stereocenters. The fourth-order valence-corrected chi connectivity index (χ4v) is 1.67. The molecule has 1 aromatic heterocycles. The van der Waals surface area contributed by atoms with Crippen LogP contribution in [0, 0.1) is 0 Å². The van der Waals surface area contributed by atoms with Crippen LogP contribution in [0.15, 0.2) is 42.7 Å². The summed E-state index contributed by atoms with van der Waals surface area (Å²) in [7, 11) is 0. The molecule has 4 N–H and O–H groups in total. The van der Waals surface area contributed by atoms with Crippen molar-refractivity contribution in [3.63, 3.8) is 0 Å². The van der Waals surface area contributed by atoms with E-state index in [0.717, 1.165) is 5.56 Å². The van der Waals surface area contributed by atoms with Crippen LogP contribution in [0.4, 0.5) is 10.5 Å². The Morgan fingerprint density at radius 1 is 1.19 bits per heavy atom. The van der Waals surface area contributed by atoms with Crippen molar-refractivity contribution in [2.24, 2.45) is 0 Å². The zero-order valence-corrected chi connectivity index (χ0v) is 10.9. The van der Waals surface area contributed by atoms with E-state index < -0.39 is 17.7 Å². The van der Waals surface area contributed by atoms with Crippen LogP contribution >= 0.6 is 0 Å². The lowest BCUT2D eigenvalue weighted by atomic mass is 10.1. The average Bonchev–Trinajstić information content (AvgIpc) is 2.48. The van der Waals surface area contributed by atoms with E-state index in [2.05, 4.69) is 15.6 Å². The first-order valence-electron chi connectivity index (χ1n) is 6.07. The van der Waals surface area contributed by atoms with Crippen molar-refractivity contribution in [1.82, 2.24) is 10.3 Å². The van der Waals surface area contributed by atoms with Crippen LogP contribution < -0.4 is 10.6 Å². The number of aromatic hydroxyl groups is 1. The first-order valence-corrected chi connectivity index (χ1v) is 6.07. The standard InChI is InChI=1S/C14H13N3O4/c18-12-10(13(19)20)4-1-5-11(12)17-14(21)16-8-9-3-2-6-15-7-9/h1-7,18H,8H2,(H,19,20)(H2,16,17,21). The number of rotatable bonds is 4. The first-order chi connectivity index (χ1) is 10.1. The van der Waals surface area contributed by atoms with Crippen LogP contribution in [-0.4, -0.2) is 27.2 Å². The number of amides is 2. The molecule has 0 aliphatic rings. The summed E-state index contributed by atoms with van der Waals surface area (Å²) < 4.78 is 0. The molecule has 0 aliphatic carbocycles. The van der Waals surface area contributed by atoms with Gasteiger partial charge in [0.15, 0.2) is 5.75 Å². The number of para-hydroxylation sites is 1. The molecule has 21 heavy (non-hydrogen) atoms. The number of aromatic carboxylic acids is 1. The Hall–Kier alpha value is -3.09. The van der Waals surface area contributed by atoms with Crippen molar-refractivity contribution in [2.45, 2.75) is 6.54 Å². The molecule has 0 fully saturated rings. The van der Waals surface area contributed by atoms with Crippen LogP contribution in [0.5, 0.6) is 5.75 Å². The van der Waals surface area contributed by atoms with E-state index in [1.165, 1.54) is 18.2 Å². The van der Waals surface area contributed by atoms with Gasteiger partial charge in [-0.2, -0.15) is 0 Å². The maximum Gasteiger partial charge on any atom is 0.339 e. The van der Waals surface area contributed by atoms with Gasteiger partial charge in [0.1, 0.15) is 5.56 Å². The van der Waals surface area contributed by atoms with Gasteiger partial charge in [-0.15, -0.1) is 0 Å². The highest BCUT2D eigenvalue weighted by atomic mass is 16.4. The fraction of sp³-hybridized carbons (Fsp3) is 0.0714. The highest BCUT2D eigenvalue weighted by Gasteiger charge is 2.14. The predicted molar refractivity (Wildman–Crippen MR) is 75.2 cm³/mol. The highest BCUT2D eigenvalue weighted by molar-refractivity contribution is 5.97. The Morgan fingerprint density at radius 2 is 2.00 bits per heavy atom. The Morgan fingerprint density at radius 3 is 2.67 bits per heavy atom. The van der Waals surface area contributed by atoms with E-state index in [1.54, 1.807) is 24.5 Å². The lowest BCUT2D eigenvalue weighted by molar-refractivity contribution is 0.0693. The van der Waals surface area contributed by atoms with Crippen molar-refractivity contribution in [3.8, 4) is 5.75 Å². The maximum atomic E-state index is 11.7. The molecule has 7 heteroatoms. The van der Waals surface area contributed by atoms with Gasteiger partial charge in [0.25, 0.3) is 0 Å². The number of nitrogens with zero attached hydrogens (tertiary/aromatic N) is 1. The van der Waals surface area contributed by atoms with Gasteiger partial charge in [0.05, 0.1) is 5.69 Å². The normalized spacial score (nSPS) is 9.90. The summed E-state index contributed by atoms with van der Waals surface area (Å²) in [5.74, 6) is -1.76. The molecule has 1 aromatic carbocycles. The van der Waals surface area contributed by atoms with Crippen LogP contribution in [-0.2, 0) is 6.54 Å². The zero-order chi connectivity index (χ0) is 15.2. The monoisotopic (exact) mass is 287 g/mol. The van der Waals surface area contributed by atoms with E-state index in [0.29, 0.717) is 0 Å². The van der Waals surface area contributed by atoms with Gasteiger partial charge in [-0.1, -0.05) is 12.1 Å². The number of carbonyl (C=O) groups excluding carboxylic acids is 1. The van der Waals surface area contributed by atoms with Crippen molar-refractivity contribution in [1.29, 1.82) is 0 Å². The molecule has 0 bridgehead atoms. The summed E-state index contributed by atoms with van der Waals surface area (Å²) in [5, 5.41) is 23.6. The van der Waals surface area contributed by atoms with E-state index in [1.807, 2.05) is 0 Å². The zero-order valence-electron chi connectivity index (χ0n) is 10.9. The lowest BCUT2D eigenvalue weighted by Gasteiger charge is -2.10. The molecule has 0 saturated carbocycles. The van der Waals surface area contributed by atoms with Gasteiger partial charge in [-0.3, -0.25) is 4.98 Å². The van der Waals surface area contributed by atoms with Gasteiger partial charge in [0, 0.05) is 18.9 Å². The number of hydrogen-bond donors (Lipinski definition) is 4. The number of carboxylic acid groups (broad SMARTS) is 1.